The second-order valence-corrected chi connectivity index (χ2v) is 7.33. The monoisotopic (exact) mass is 284 g/mol. The maximum Gasteiger partial charge on any atom is 0.226 e. The fourth-order valence-corrected chi connectivity index (χ4v) is 5.35. The summed E-state index contributed by atoms with van der Waals surface area (Å²) in [6.07, 6.45) is 8.74. The van der Waals surface area contributed by atoms with E-state index in [1.165, 1.54) is 0 Å². The van der Waals surface area contributed by atoms with Gasteiger partial charge in [0.05, 0.1) is 0 Å². The molecule has 4 atom stereocenters. The van der Waals surface area contributed by atoms with Gasteiger partial charge in [0.15, 0.2) is 0 Å². The van der Waals surface area contributed by atoms with Crippen molar-refractivity contribution in [1.82, 2.24) is 0 Å². The molecule has 0 saturated heterocycles. The van der Waals surface area contributed by atoms with Gasteiger partial charge in [-0.1, -0.05) is 6.92 Å². The van der Waals surface area contributed by atoms with E-state index in [4.69, 9.17) is 0 Å². The Kier molecular flexibility index (Phi) is 2.66. The van der Waals surface area contributed by atoms with Crippen LogP contribution < -0.4 is 0 Å². The van der Waals surface area contributed by atoms with Crippen molar-refractivity contribution in [3.05, 3.63) is 23.3 Å². The Bertz CT molecular complexity index is 624. The molecule has 4 unspecified atom stereocenters. The summed E-state index contributed by atoms with van der Waals surface area (Å²) in [6.45, 7) is 2.15. The lowest BCUT2D eigenvalue weighted by molar-refractivity contribution is -0.131. The van der Waals surface area contributed by atoms with Crippen LogP contribution in [-0.2, 0) is 14.4 Å². The standard InChI is InChI=1S/C18H20O3/c1-18-7-6-11-12(14(18)4-5-17(18)21)3-2-10-8-15(19)16(20)9-13(10)11/h8-9,11-12,14H,2-7H2,1H3. The molecule has 0 aliphatic heterocycles. The second kappa shape index (κ2) is 4.25. The average molecular weight is 284 g/mol. The van der Waals surface area contributed by atoms with E-state index in [0.29, 0.717) is 23.5 Å². The lowest BCUT2D eigenvalue weighted by Gasteiger charge is -2.49. The molecule has 0 heterocycles. The Labute approximate surface area is 124 Å². The first kappa shape index (κ1) is 13.2. The number of ketones is 3. The Morgan fingerprint density at radius 3 is 2.57 bits per heavy atom. The van der Waals surface area contributed by atoms with Gasteiger partial charge in [0.1, 0.15) is 5.78 Å². The summed E-state index contributed by atoms with van der Waals surface area (Å²) in [4.78, 5) is 35.6. The smallest absolute Gasteiger partial charge is 0.226 e. The van der Waals surface area contributed by atoms with Crippen molar-refractivity contribution in [3.8, 4) is 0 Å². The first-order valence-corrected chi connectivity index (χ1v) is 8.05. The lowest BCUT2D eigenvalue weighted by atomic mass is 9.54. The second-order valence-electron chi connectivity index (χ2n) is 7.33. The van der Waals surface area contributed by atoms with Gasteiger partial charge < -0.3 is 0 Å². The molecule has 110 valence electrons. The maximum atomic E-state index is 12.3. The SMILES string of the molecule is CC12CCC3C4=CC(=O)C(=O)C=C4CCC3C1CCC2=O. The molecule has 0 spiro atoms. The van der Waals surface area contributed by atoms with Crippen molar-refractivity contribution in [2.45, 2.75) is 45.4 Å². The highest BCUT2D eigenvalue weighted by molar-refractivity contribution is 6.46. The van der Waals surface area contributed by atoms with Gasteiger partial charge in [-0.2, -0.15) is 0 Å². The van der Waals surface area contributed by atoms with Gasteiger partial charge in [-0.15, -0.1) is 0 Å². The van der Waals surface area contributed by atoms with Gasteiger partial charge in [-0.05, 0) is 73.2 Å². The fraction of sp³-hybridized carbons (Fsp3) is 0.611. The number of rotatable bonds is 0. The third-order valence-corrected chi connectivity index (χ3v) is 6.50. The van der Waals surface area contributed by atoms with Crippen LogP contribution in [0.3, 0.4) is 0 Å². The van der Waals surface area contributed by atoms with E-state index in [1.54, 1.807) is 12.2 Å². The molecule has 4 aliphatic carbocycles. The normalized spacial score (nSPS) is 42.0. The van der Waals surface area contributed by atoms with Crippen LogP contribution in [0.15, 0.2) is 23.3 Å². The van der Waals surface area contributed by atoms with Gasteiger partial charge in [0.25, 0.3) is 0 Å². The summed E-state index contributed by atoms with van der Waals surface area (Å²) in [5, 5.41) is 0. The van der Waals surface area contributed by atoms with Gasteiger partial charge in [-0.3, -0.25) is 14.4 Å². The third kappa shape index (κ3) is 1.69. The highest BCUT2D eigenvalue weighted by atomic mass is 16.2. The van der Waals surface area contributed by atoms with E-state index in [1.807, 2.05) is 0 Å². The van der Waals surface area contributed by atoms with Crippen LogP contribution in [-0.4, -0.2) is 17.3 Å². The molecular formula is C18H20O3. The summed E-state index contributed by atoms with van der Waals surface area (Å²) < 4.78 is 0. The first-order chi connectivity index (χ1) is 10.0. The molecule has 4 aliphatic rings. The molecule has 3 heteroatoms. The molecule has 0 radical (unpaired) electrons. The van der Waals surface area contributed by atoms with Crippen molar-refractivity contribution in [3.63, 3.8) is 0 Å². The van der Waals surface area contributed by atoms with Gasteiger partial charge in [-0.25, -0.2) is 0 Å². The lowest BCUT2D eigenvalue weighted by Crippen LogP contribution is -2.44. The molecule has 4 rings (SSSR count). The molecule has 0 aromatic carbocycles. The van der Waals surface area contributed by atoms with Gasteiger partial charge >= 0.3 is 0 Å². The molecule has 3 fully saturated rings. The van der Waals surface area contributed by atoms with Crippen LogP contribution in [0.1, 0.15) is 45.4 Å². The highest BCUT2D eigenvalue weighted by Gasteiger charge is 2.55. The average Bonchev–Trinajstić information content (AvgIpc) is 2.76. The van der Waals surface area contributed by atoms with Crippen LogP contribution in [0, 0.1) is 23.2 Å². The number of hydrogen-bond acceptors (Lipinski definition) is 3. The Balaban J connectivity index is 1.71. The minimum atomic E-state index is -0.371. The molecule has 0 aromatic heterocycles. The van der Waals surface area contributed by atoms with E-state index >= 15 is 0 Å². The zero-order valence-corrected chi connectivity index (χ0v) is 12.4. The van der Waals surface area contributed by atoms with Crippen LogP contribution in [0.25, 0.3) is 0 Å². The Morgan fingerprint density at radius 2 is 1.76 bits per heavy atom. The predicted octanol–water partition coefficient (Wildman–Crippen LogP) is 2.80. The third-order valence-electron chi connectivity index (χ3n) is 6.50. The van der Waals surface area contributed by atoms with Crippen LogP contribution in [0.2, 0.25) is 0 Å². The number of allylic oxidation sites excluding steroid dienone is 4. The molecular weight excluding hydrogens is 264 g/mol. The summed E-state index contributed by atoms with van der Waals surface area (Å²) in [7, 11) is 0. The molecule has 0 bridgehead atoms. The Hall–Kier alpha value is -1.51. The number of carbonyl (C=O) groups excluding carboxylic acids is 3. The first-order valence-electron chi connectivity index (χ1n) is 8.05. The molecule has 21 heavy (non-hydrogen) atoms. The van der Waals surface area contributed by atoms with Crippen molar-refractivity contribution in [2.24, 2.45) is 23.2 Å². The number of carbonyl (C=O) groups is 3. The molecule has 0 amide bonds. The number of hydrogen-bond donors (Lipinski definition) is 0. The van der Waals surface area contributed by atoms with Crippen LogP contribution in [0.4, 0.5) is 0 Å². The number of fused-ring (bicyclic) bond motifs is 5. The van der Waals surface area contributed by atoms with Crippen LogP contribution in [0.5, 0.6) is 0 Å². The van der Waals surface area contributed by atoms with Gasteiger partial charge in [0, 0.05) is 11.8 Å². The van der Waals surface area contributed by atoms with Gasteiger partial charge in [0.2, 0.25) is 11.6 Å². The van der Waals surface area contributed by atoms with E-state index < -0.39 is 0 Å². The summed E-state index contributed by atoms with van der Waals surface area (Å²) >= 11 is 0. The minimum Gasteiger partial charge on any atom is -0.299 e. The van der Waals surface area contributed by atoms with Crippen molar-refractivity contribution in [2.75, 3.05) is 0 Å². The Morgan fingerprint density at radius 1 is 1.00 bits per heavy atom. The minimum absolute atomic E-state index is 0.128. The maximum absolute atomic E-state index is 12.3. The van der Waals surface area contributed by atoms with Crippen molar-refractivity contribution < 1.29 is 14.4 Å². The summed E-state index contributed by atoms with van der Waals surface area (Å²) in [5.41, 5.74) is 2.06. The predicted molar refractivity (Wildman–Crippen MR) is 77.5 cm³/mol. The molecule has 0 N–H and O–H groups in total. The fourth-order valence-electron chi connectivity index (χ4n) is 5.35. The quantitative estimate of drug-likeness (QED) is 0.507. The summed E-state index contributed by atoms with van der Waals surface area (Å²) in [5.74, 6) is 1.06. The largest absolute Gasteiger partial charge is 0.299 e. The zero-order valence-electron chi connectivity index (χ0n) is 12.4. The molecule has 0 aromatic rings. The number of Topliss-reactive ketones (excluding diaryl/α,β-unsaturated/α-hetero) is 1. The van der Waals surface area contributed by atoms with E-state index in [0.717, 1.165) is 49.7 Å². The van der Waals surface area contributed by atoms with Crippen LogP contribution >= 0.6 is 0 Å². The van der Waals surface area contributed by atoms with E-state index in [9.17, 15) is 14.4 Å². The van der Waals surface area contributed by atoms with Crippen molar-refractivity contribution >= 4 is 17.3 Å². The highest BCUT2D eigenvalue weighted by Crippen LogP contribution is 2.59. The van der Waals surface area contributed by atoms with E-state index in [2.05, 4.69) is 6.92 Å². The summed E-state index contributed by atoms with van der Waals surface area (Å²) in [6, 6.07) is 0. The molecule has 3 nitrogen and oxygen atoms in total. The topological polar surface area (TPSA) is 51.2 Å². The van der Waals surface area contributed by atoms with Crippen molar-refractivity contribution in [1.29, 1.82) is 0 Å². The van der Waals surface area contributed by atoms with E-state index in [-0.39, 0.29) is 17.0 Å². The zero-order chi connectivity index (χ0) is 14.8. The molecule has 3 saturated carbocycles.